The van der Waals surface area contributed by atoms with Crippen LogP contribution in [0.3, 0.4) is 0 Å². The number of carbonyl (C=O) groups excluding carboxylic acids is 1. The zero-order valence-electron chi connectivity index (χ0n) is 18.8. The number of aromatic nitrogens is 2. The predicted molar refractivity (Wildman–Crippen MR) is 112 cm³/mol. The number of nitrogens with zero attached hydrogens (tertiary/aromatic N) is 3. The van der Waals surface area contributed by atoms with Crippen LogP contribution in [0.25, 0.3) is 0 Å². The summed E-state index contributed by atoms with van der Waals surface area (Å²) in [4.78, 5) is 21.1. The van der Waals surface area contributed by atoms with Crippen LogP contribution in [0, 0.1) is 5.82 Å². The van der Waals surface area contributed by atoms with Crippen LogP contribution >= 0.6 is 0 Å². The highest BCUT2D eigenvalue weighted by Gasteiger charge is 2.25. The monoisotopic (exact) mass is 454 g/mol. The molecule has 0 unspecified atom stereocenters. The van der Waals surface area contributed by atoms with Crippen molar-refractivity contribution in [1.29, 1.82) is 0 Å². The summed E-state index contributed by atoms with van der Waals surface area (Å²) in [6, 6.07) is 0. The number of nitrogens with one attached hydrogen (secondary N) is 1. The van der Waals surface area contributed by atoms with Gasteiger partial charge in [0.2, 0.25) is 5.91 Å². The molecule has 0 atom stereocenters. The Morgan fingerprint density at radius 2 is 1.87 bits per heavy atom. The molecule has 1 aromatic rings. The molecule has 0 aromatic carbocycles. The summed E-state index contributed by atoms with van der Waals surface area (Å²) in [5, 5.41) is 9.74. The number of halogens is 4. The first-order chi connectivity index (χ1) is 14.7. The Bertz CT molecular complexity index is 625. The van der Waals surface area contributed by atoms with Crippen molar-refractivity contribution < 1.29 is 32.2 Å². The number of anilines is 1. The summed E-state index contributed by atoms with van der Waals surface area (Å²) in [7, 11) is 1.58. The van der Waals surface area contributed by atoms with E-state index in [1.165, 1.54) is 6.33 Å². The first-order valence-electron chi connectivity index (χ1n) is 9.88. The number of likely N-dealkylation sites (tertiary alicyclic amines) is 1. The molecule has 2 heterocycles. The van der Waals surface area contributed by atoms with Gasteiger partial charge in [0.1, 0.15) is 6.33 Å². The Morgan fingerprint density at radius 1 is 1.29 bits per heavy atom. The van der Waals surface area contributed by atoms with Gasteiger partial charge in [-0.25, -0.2) is 14.4 Å². The first kappa shape index (κ1) is 30.9. The Balaban J connectivity index is 0. The fraction of sp³-hybridized carbons (Fsp3) is 0.650. The zero-order valence-corrected chi connectivity index (χ0v) is 18.8. The molecule has 1 aliphatic heterocycles. The van der Waals surface area contributed by atoms with Crippen LogP contribution in [0.5, 0.6) is 0 Å². The van der Waals surface area contributed by atoms with Gasteiger partial charge in [-0.05, 0) is 26.2 Å². The number of amides is 1. The minimum atomic E-state index is -4.46. The first-order valence-corrected chi connectivity index (χ1v) is 9.88. The average Bonchev–Trinajstić information content (AvgIpc) is 2.70. The molecule has 7 nitrogen and oxygen atoms in total. The minimum absolute atomic E-state index is 0.0173. The van der Waals surface area contributed by atoms with Gasteiger partial charge in [-0.2, -0.15) is 0 Å². The predicted octanol–water partition coefficient (Wildman–Crippen LogP) is 3.95. The lowest BCUT2D eigenvalue weighted by Crippen LogP contribution is -2.44. The Kier molecular flexibility index (Phi) is 18.4. The third-order valence-corrected chi connectivity index (χ3v) is 3.67. The standard InChI is InChI=1S/C12H17FN4O.C5H10.C2H3F3O.CH4O/c1-2-4-9-11(13)12(16-8-15-9)14-7-10(18)17-5-3-6-17;1-3-5-4-2;1-6-2(3,4)5;1-2/h8H,2-7H2,1H3,(H,14,15,16);3,5H,4H2,1-2H3;1H3;2H,1H3/b;5-3+;;. The van der Waals surface area contributed by atoms with E-state index in [1.54, 1.807) is 4.90 Å². The van der Waals surface area contributed by atoms with Gasteiger partial charge in [-0.1, -0.05) is 32.4 Å². The molecule has 11 heteroatoms. The van der Waals surface area contributed by atoms with Gasteiger partial charge in [0.25, 0.3) is 0 Å². The van der Waals surface area contributed by atoms with E-state index in [4.69, 9.17) is 5.11 Å². The number of aliphatic hydroxyl groups is 1. The van der Waals surface area contributed by atoms with Gasteiger partial charge in [-0.3, -0.25) is 9.53 Å². The van der Waals surface area contributed by atoms with Crippen molar-refractivity contribution in [3.63, 3.8) is 0 Å². The number of allylic oxidation sites excluding steroid dienone is 2. The molecule has 2 rings (SSSR count). The molecular weight excluding hydrogens is 420 g/mol. The normalized spacial score (nSPS) is 12.4. The second-order valence-electron chi connectivity index (χ2n) is 5.95. The van der Waals surface area contributed by atoms with Crippen molar-refractivity contribution in [3.05, 3.63) is 30.0 Å². The van der Waals surface area contributed by atoms with Crippen molar-refractivity contribution in [1.82, 2.24) is 14.9 Å². The number of ether oxygens (including phenoxy) is 1. The van der Waals surface area contributed by atoms with Crippen LogP contribution in [-0.2, 0) is 16.0 Å². The number of carbonyl (C=O) groups is 1. The van der Waals surface area contributed by atoms with Crippen LogP contribution in [0.1, 0.15) is 45.7 Å². The molecule has 1 aliphatic rings. The van der Waals surface area contributed by atoms with Crippen molar-refractivity contribution in [2.45, 2.75) is 52.8 Å². The topological polar surface area (TPSA) is 87.6 Å². The molecule has 1 aromatic heterocycles. The number of methoxy groups -OCH3 is 1. The van der Waals surface area contributed by atoms with Crippen LogP contribution in [0.15, 0.2) is 18.5 Å². The van der Waals surface area contributed by atoms with E-state index in [-0.39, 0.29) is 18.3 Å². The molecule has 0 spiro atoms. The van der Waals surface area contributed by atoms with Gasteiger partial charge < -0.3 is 15.3 Å². The van der Waals surface area contributed by atoms with E-state index in [9.17, 15) is 22.4 Å². The second kappa shape index (κ2) is 18.5. The quantitative estimate of drug-likeness (QED) is 0.500. The Morgan fingerprint density at radius 3 is 2.23 bits per heavy atom. The maximum absolute atomic E-state index is 13.9. The van der Waals surface area contributed by atoms with Crippen LogP contribution < -0.4 is 5.32 Å². The number of aryl methyl sites for hydroxylation is 1. The summed E-state index contributed by atoms with van der Waals surface area (Å²) >= 11 is 0. The summed E-state index contributed by atoms with van der Waals surface area (Å²) in [5.74, 6) is -0.352. The zero-order chi connectivity index (χ0) is 24.3. The van der Waals surface area contributed by atoms with Crippen LogP contribution in [-0.4, -0.2) is 66.1 Å². The average molecular weight is 455 g/mol. The van der Waals surface area contributed by atoms with E-state index in [0.29, 0.717) is 19.2 Å². The smallest absolute Gasteiger partial charge is 0.400 e. The molecule has 0 radical (unpaired) electrons. The van der Waals surface area contributed by atoms with Crippen molar-refractivity contribution in [2.75, 3.05) is 39.2 Å². The lowest BCUT2D eigenvalue weighted by Gasteiger charge is -2.30. The third kappa shape index (κ3) is 15.2. The molecule has 0 bridgehead atoms. The molecular formula is C20H34F4N4O3. The highest BCUT2D eigenvalue weighted by molar-refractivity contribution is 5.81. The van der Waals surface area contributed by atoms with Crippen molar-refractivity contribution >= 4 is 11.7 Å². The van der Waals surface area contributed by atoms with Crippen LogP contribution in [0.4, 0.5) is 23.4 Å². The van der Waals surface area contributed by atoms with Gasteiger partial charge in [-0.15, -0.1) is 13.2 Å². The minimum Gasteiger partial charge on any atom is -0.400 e. The Labute approximate surface area is 181 Å². The van der Waals surface area contributed by atoms with E-state index >= 15 is 0 Å². The number of alkyl halides is 3. The third-order valence-electron chi connectivity index (χ3n) is 3.67. The van der Waals surface area contributed by atoms with E-state index in [1.807, 2.05) is 13.8 Å². The number of hydrogen-bond donors (Lipinski definition) is 2. The summed E-state index contributed by atoms with van der Waals surface area (Å²) in [6.07, 6.45) is 4.65. The summed E-state index contributed by atoms with van der Waals surface area (Å²) in [5.41, 5.74) is 0.395. The second-order valence-corrected chi connectivity index (χ2v) is 5.95. The highest BCUT2D eigenvalue weighted by Crippen LogP contribution is 2.15. The van der Waals surface area contributed by atoms with Crippen molar-refractivity contribution in [3.8, 4) is 0 Å². The van der Waals surface area contributed by atoms with Gasteiger partial charge in [0.05, 0.1) is 12.2 Å². The lowest BCUT2D eigenvalue weighted by molar-refractivity contribution is -0.311. The fourth-order valence-electron chi connectivity index (χ4n) is 2.01. The van der Waals surface area contributed by atoms with Crippen LogP contribution in [0.2, 0.25) is 0 Å². The van der Waals surface area contributed by atoms with E-state index in [2.05, 4.69) is 39.1 Å². The maximum atomic E-state index is 13.9. The van der Waals surface area contributed by atoms with Gasteiger partial charge in [0.15, 0.2) is 11.6 Å². The Hall–Kier alpha value is -2.27. The highest BCUT2D eigenvalue weighted by atomic mass is 19.4. The van der Waals surface area contributed by atoms with Gasteiger partial charge in [0, 0.05) is 27.3 Å². The van der Waals surface area contributed by atoms with Gasteiger partial charge >= 0.3 is 6.36 Å². The maximum Gasteiger partial charge on any atom is 0.522 e. The lowest BCUT2D eigenvalue weighted by atomic mass is 10.2. The largest absolute Gasteiger partial charge is 0.522 e. The number of hydrogen-bond acceptors (Lipinski definition) is 6. The SMILES string of the molecule is C/C=C/CC.CCCc1ncnc(NCC(=O)N2CCC2)c1F.CO.COC(F)(F)F. The molecule has 180 valence electrons. The van der Waals surface area contributed by atoms with E-state index < -0.39 is 12.2 Å². The summed E-state index contributed by atoms with van der Waals surface area (Å²) in [6.45, 7) is 7.80. The van der Waals surface area contributed by atoms with Crippen molar-refractivity contribution in [2.24, 2.45) is 0 Å². The molecule has 0 saturated carbocycles. The summed E-state index contributed by atoms with van der Waals surface area (Å²) < 4.78 is 48.5. The molecule has 1 saturated heterocycles. The molecule has 31 heavy (non-hydrogen) atoms. The molecule has 2 N–H and O–H groups in total. The molecule has 1 fully saturated rings. The number of aliphatic hydroxyl groups excluding tert-OH is 1. The van der Waals surface area contributed by atoms with E-state index in [0.717, 1.165) is 39.5 Å². The fourth-order valence-corrected chi connectivity index (χ4v) is 2.01. The number of rotatable bonds is 6. The molecule has 1 amide bonds. The molecule has 0 aliphatic carbocycles.